The molecule has 0 aliphatic heterocycles. The van der Waals surface area contributed by atoms with Crippen LogP contribution < -0.4 is 9.47 Å². The zero-order valence-corrected chi connectivity index (χ0v) is 59.5. The highest BCUT2D eigenvalue weighted by Gasteiger charge is 2.49. The van der Waals surface area contributed by atoms with Gasteiger partial charge in [0.2, 0.25) is 0 Å². The Morgan fingerprint density at radius 2 is 0.783 bits per heavy atom. The first-order valence-electron chi connectivity index (χ1n) is 36.1. The molecule has 2 aliphatic rings. The molecule has 516 valence electrons. The summed E-state index contributed by atoms with van der Waals surface area (Å²) in [5.41, 5.74) is 23.3. The summed E-state index contributed by atoms with van der Waals surface area (Å²) in [7, 11) is 0. The predicted molar refractivity (Wildman–Crippen MR) is 425 cm³/mol. The van der Waals surface area contributed by atoms with E-state index in [9.17, 15) is 0 Å². The zero-order valence-electron chi connectivity index (χ0n) is 59.5. The van der Waals surface area contributed by atoms with E-state index in [0.29, 0.717) is 52.5 Å². The molecule has 106 heavy (non-hydrogen) atoms. The molecular formula is C100H76F4O2. The smallest absolute Gasteiger partial charge is 0.127 e. The van der Waals surface area contributed by atoms with Gasteiger partial charge >= 0.3 is 0 Å². The van der Waals surface area contributed by atoms with Crippen molar-refractivity contribution in [1.82, 2.24) is 0 Å². The SMILES string of the molecule is C=Cc1ccc(Oc2ccc(C3(c4cc(F)cc(C(=C)C)c4)c4ccccc4-c4ccc(C(Cc5ccc(-c6ccc(C(c7ccc(F)c(C)c7)c7ccc8c(c7)C(c7ccc(Oc9ccc(C=C)cc9)cc7)(c7cc(F)cc(CC)c7)c7ccccc7-8)cc6)cc5)c5ccc(F)c(C)c5)cc43)cc2)cc1. The number of benzene rings is 14. The van der Waals surface area contributed by atoms with E-state index in [-0.39, 0.29) is 35.1 Å². The fourth-order valence-electron chi connectivity index (χ4n) is 16.5. The van der Waals surface area contributed by atoms with Crippen molar-refractivity contribution in [3.63, 3.8) is 0 Å². The van der Waals surface area contributed by atoms with Gasteiger partial charge in [0.25, 0.3) is 0 Å². The zero-order chi connectivity index (χ0) is 73.0. The summed E-state index contributed by atoms with van der Waals surface area (Å²) in [4.78, 5) is 0. The minimum atomic E-state index is -0.996. The maximum Gasteiger partial charge on any atom is 0.127 e. The summed E-state index contributed by atoms with van der Waals surface area (Å²) < 4.78 is 76.6. The average Bonchev–Trinajstić information content (AvgIpc) is 1.53. The molecule has 2 aliphatic carbocycles. The van der Waals surface area contributed by atoms with Gasteiger partial charge in [-0.1, -0.05) is 257 Å². The first-order chi connectivity index (χ1) is 51.6. The number of aryl methyl sites for hydroxylation is 3. The number of halogens is 4. The Kier molecular flexibility index (Phi) is 18.0. The lowest BCUT2D eigenvalue weighted by molar-refractivity contribution is 0.482. The molecule has 0 N–H and O–H groups in total. The molecule has 0 spiro atoms. The summed E-state index contributed by atoms with van der Waals surface area (Å²) in [6.07, 6.45) is 4.83. The third-order valence-corrected chi connectivity index (χ3v) is 21.8. The Labute approximate surface area is 618 Å². The molecule has 0 saturated heterocycles. The van der Waals surface area contributed by atoms with Crippen LogP contribution in [0.4, 0.5) is 17.6 Å². The third kappa shape index (κ3) is 12.3. The van der Waals surface area contributed by atoms with Crippen LogP contribution in [0.5, 0.6) is 23.0 Å². The van der Waals surface area contributed by atoms with Gasteiger partial charge in [0.05, 0.1) is 10.8 Å². The van der Waals surface area contributed by atoms with Gasteiger partial charge in [-0.3, -0.25) is 0 Å². The van der Waals surface area contributed by atoms with Crippen LogP contribution in [0.15, 0.2) is 323 Å². The van der Waals surface area contributed by atoms with Gasteiger partial charge in [-0.15, -0.1) is 0 Å². The van der Waals surface area contributed by atoms with Crippen molar-refractivity contribution in [2.24, 2.45) is 0 Å². The molecule has 4 atom stereocenters. The topological polar surface area (TPSA) is 18.5 Å². The normalized spacial score (nSPS) is 15.2. The van der Waals surface area contributed by atoms with Crippen molar-refractivity contribution in [2.45, 2.75) is 63.2 Å². The lowest BCUT2D eigenvalue weighted by atomic mass is 9.66. The largest absolute Gasteiger partial charge is 0.457 e. The van der Waals surface area contributed by atoms with E-state index in [1.807, 2.05) is 118 Å². The van der Waals surface area contributed by atoms with E-state index in [1.165, 1.54) is 0 Å². The molecule has 6 heteroatoms. The lowest BCUT2D eigenvalue weighted by Crippen LogP contribution is -2.29. The number of hydrogen-bond donors (Lipinski definition) is 0. The van der Waals surface area contributed by atoms with Crippen LogP contribution in [0, 0.1) is 37.1 Å². The standard InChI is InChI=1S/C100H76F4O2/c1-8-65-21-39-83(40-22-65)105-85-43-35-77(36-44-85)99(79-53-67(10-3)54-81(101)60-79)92-17-13-11-16-88(92)90-48-32-75(59-95(90)99)98(74-34-50-97(104)64(7)52-74)71-29-27-70(28-30-71)69-25-19-68(20-26-69)55-91(72-33-49-96(103)63(6)51-72)73-31-47-89-87-15-12-14-18-93(87)100(94(89)58-73,80-56-76(62(4)5)57-82(102)61-80)78-37-45-86(46-38-78)106-84-41-23-66(9-2)24-42-84/h8-9,11-54,56-61,91,98H,1-2,4,10,55H2,3,5-7H3. The number of allylic oxidation sites excluding steroid dienone is 1. The molecule has 2 nitrogen and oxygen atoms in total. The molecule has 14 aromatic carbocycles. The van der Waals surface area contributed by atoms with Crippen LogP contribution in [0.3, 0.4) is 0 Å². The molecule has 4 unspecified atom stereocenters. The second kappa shape index (κ2) is 28.0. The van der Waals surface area contributed by atoms with Gasteiger partial charge in [0, 0.05) is 11.8 Å². The van der Waals surface area contributed by atoms with Crippen molar-refractivity contribution >= 4 is 17.7 Å². The van der Waals surface area contributed by atoms with Gasteiger partial charge in [-0.05, 0) is 269 Å². The lowest BCUT2D eigenvalue weighted by Gasteiger charge is -2.35. The quantitative estimate of drug-likeness (QED) is 0.0559. The second-order valence-electron chi connectivity index (χ2n) is 28.2. The van der Waals surface area contributed by atoms with E-state index < -0.39 is 10.8 Å². The summed E-state index contributed by atoms with van der Waals surface area (Å²) in [6, 6.07) is 101. The van der Waals surface area contributed by atoms with Gasteiger partial charge in [-0.2, -0.15) is 0 Å². The Balaban J connectivity index is 0.762. The first kappa shape index (κ1) is 68.1. The van der Waals surface area contributed by atoms with Crippen LogP contribution >= 0.6 is 0 Å². The van der Waals surface area contributed by atoms with Crippen LogP contribution in [-0.2, 0) is 23.7 Å². The van der Waals surface area contributed by atoms with Crippen LogP contribution in [0.2, 0.25) is 0 Å². The molecule has 14 aromatic rings. The first-order valence-corrected chi connectivity index (χ1v) is 36.1. The average molecular weight is 1390 g/mol. The second-order valence-corrected chi connectivity index (χ2v) is 28.2. The predicted octanol–water partition coefficient (Wildman–Crippen LogP) is 26.3. The number of fused-ring (bicyclic) bond motifs is 6. The van der Waals surface area contributed by atoms with Crippen LogP contribution in [-0.4, -0.2) is 0 Å². The highest BCUT2D eigenvalue weighted by Crippen LogP contribution is 2.60. The minimum Gasteiger partial charge on any atom is -0.457 e. The molecule has 0 radical (unpaired) electrons. The summed E-state index contributed by atoms with van der Waals surface area (Å²) in [6.45, 7) is 19.7. The van der Waals surface area contributed by atoms with E-state index in [2.05, 4.69) is 197 Å². The van der Waals surface area contributed by atoms with E-state index >= 15 is 17.6 Å². The maximum absolute atomic E-state index is 16.5. The van der Waals surface area contributed by atoms with Gasteiger partial charge in [0.1, 0.15) is 46.3 Å². The van der Waals surface area contributed by atoms with Crippen molar-refractivity contribution in [3.8, 4) is 56.4 Å². The molecule has 0 amide bonds. The third-order valence-electron chi connectivity index (χ3n) is 21.8. The van der Waals surface area contributed by atoms with E-state index in [1.54, 1.807) is 48.6 Å². The van der Waals surface area contributed by atoms with Crippen molar-refractivity contribution in [3.05, 3.63) is 458 Å². The molecule has 16 rings (SSSR count). The maximum atomic E-state index is 16.5. The molecule has 0 fully saturated rings. The number of ether oxygens (including phenoxy) is 2. The summed E-state index contributed by atoms with van der Waals surface area (Å²) in [5, 5.41) is 0. The molecule has 0 heterocycles. The number of hydrogen-bond acceptors (Lipinski definition) is 2. The summed E-state index contributed by atoms with van der Waals surface area (Å²) in [5.74, 6) is 0.908. The van der Waals surface area contributed by atoms with Gasteiger partial charge < -0.3 is 9.47 Å². The summed E-state index contributed by atoms with van der Waals surface area (Å²) >= 11 is 0. The van der Waals surface area contributed by atoms with Crippen molar-refractivity contribution in [2.75, 3.05) is 0 Å². The van der Waals surface area contributed by atoms with Gasteiger partial charge in [0.15, 0.2) is 0 Å². The molecule has 0 aromatic heterocycles. The van der Waals surface area contributed by atoms with Crippen molar-refractivity contribution < 1.29 is 27.0 Å². The fraction of sp³-hybridized carbons (Fsp3) is 0.100. The Bertz CT molecular complexity index is 5740. The van der Waals surface area contributed by atoms with E-state index in [4.69, 9.17) is 9.47 Å². The monoisotopic (exact) mass is 1380 g/mol. The minimum absolute atomic E-state index is 0.238. The Morgan fingerprint density at radius 1 is 0.377 bits per heavy atom. The van der Waals surface area contributed by atoms with Crippen molar-refractivity contribution in [1.29, 1.82) is 0 Å². The van der Waals surface area contributed by atoms with Crippen LogP contribution in [0.1, 0.15) is 137 Å². The highest BCUT2D eigenvalue weighted by atomic mass is 19.1. The molecular weight excluding hydrogens is 1310 g/mol. The van der Waals surface area contributed by atoms with Crippen LogP contribution in [0.25, 0.3) is 51.1 Å². The number of rotatable bonds is 20. The Morgan fingerprint density at radius 3 is 1.28 bits per heavy atom. The molecule has 0 saturated carbocycles. The Hall–Kier alpha value is -12.4. The van der Waals surface area contributed by atoms with Gasteiger partial charge in [-0.25, -0.2) is 17.6 Å². The molecule has 0 bridgehead atoms. The highest BCUT2D eigenvalue weighted by molar-refractivity contribution is 5.89. The van der Waals surface area contributed by atoms with E-state index in [0.717, 1.165) is 134 Å². The fourth-order valence-corrected chi connectivity index (χ4v) is 16.5.